The highest BCUT2D eigenvalue weighted by Gasteiger charge is 1.94. The summed E-state index contributed by atoms with van der Waals surface area (Å²) >= 11 is 5.69. The standard InChI is InChI=1S/C7H6ClNO/c8-7-4-2-1-3-6(7)5-9-10/h1-5,9H. The van der Waals surface area contributed by atoms with Crippen molar-refractivity contribution in [2.75, 3.05) is 0 Å². The summed E-state index contributed by atoms with van der Waals surface area (Å²) < 4.78 is 0. The van der Waals surface area contributed by atoms with Crippen molar-refractivity contribution in [3.05, 3.63) is 40.1 Å². The lowest BCUT2D eigenvalue weighted by Crippen LogP contribution is -2.60. The molecule has 0 aliphatic heterocycles. The van der Waals surface area contributed by atoms with Crippen LogP contribution in [-0.2, 0) is 0 Å². The normalized spacial score (nSPS) is 10.5. The van der Waals surface area contributed by atoms with E-state index in [1.807, 2.05) is 12.1 Å². The third-order valence-electron chi connectivity index (χ3n) is 1.12. The summed E-state index contributed by atoms with van der Waals surface area (Å²) in [5.41, 5.74) is 0.708. The number of hydrogen-bond donors (Lipinski definition) is 1. The number of rotatable bonds is 1. The van der Waals surface area contributed by atoms with Gasteiger partial charge in [0.25, 0.3) is 0 Å². The Morgan fingerprint density at radius 2 is 2.10 bits per heavy atom. The zero-order chi connectivity index (χ0) is 7.40. The van der Waals surface area contributed by atoms with E-state index in [9.17, 15) is 5.21 Å². The van der Waals surface area contributed by atoms with E-state index in [1.165, 1.54) is 6.21 Å². The summed E-state index contributed by atoms with van der Waals surface area (Å²) in [6.45, 7) is 0. The molecule has 0 spiro atoms. The van der Waals surface area contributed by atoms with Crippen LogP contribution in [-0.4, -0.2) is 6.21 Å². The van der Waals surface area contributed by atoms with Gasteiger partial charge in [0.2, 0.25) is 0 Å². The van der Waals surface area contributed by atoms with Gasteiger partial charge in [-0.1, -0.05) is 23.7 Å². The Morgan fingerprint density at radius 1 is 1.40 bits per heavy atom. The van der Waals surface area contributed by atoms with Gasteiger partial charge >= 0.3 is 0 Å². The molecule has 0 saturated carbocycles. The Morgan fingerprint density at radius 3 is 2.70 bits per heavy atom. The van der Waals surface area contributed by atoms with Gasteiger partial charge in [-0.25, -0.2) is 5.16 Å². The molecule has 2 nitrogen and oxygen atoms in total. The smallest absolute Gasteiger partial charge is 0.181 e. The molecule has 0 aliphatic rings. The first-order valence-electron chi connectivity index (χ1n) is 2.80. The van der Waals surface area contributed by atoms with Crippen molar-refractivity contribution in [2.45, 2.75) is 0 Å². The van der Waals surface area contributed by atoms with Gasteiger partial charge in [0.15, 0.2) is 6.21 Å². The summed E-state index contributed by atoms with van der Waals surface area (Å²) in [6.07, 6.45) is 1.31. The molecule has 0 unspecified atom stereocenters. The Bertz CT molecular complexity index is 247. The molecule has 0 bridgehead atoms. The monoisotopic (exact) mass is 155 g/mol. The van der Waals surface area contributed by atoms with E-state index in [-0.39, 0.29) is 0 Å². The maximum Gasteiger partial charge on any atom is 0.181 e. The number of benzene rings is 1. The van der Waals surface area contributed by atoms with E-state index >= 15 is 0 Å². The molecule has 0 amide bonds. The topological polar surface area (TPSA) is 37.0 Å². The van der Waals surface area contributed by atoms with Crippen molar-refractivity contribution in [2.24, 2.45) is 0 Å². The van der Waals surface area contributed by atoms with Crippen LogP contribution in [0, 0.1) is 5.21 Å². The fourth-order valence-electron chi connectivity index (χ4n) is 0.656. The predicted octanol–water partition coefficient (Wildman–Crippen LogP) is 0.337. The summed E-state index contributed by atoms with van der Waals surface area (Å²) in [4.78, 5) is 0. The molecule has 0 aromatic heterocycles. The van der Waals surface area contributed by atoms with Crippen LogP contribution in [0.3, 0.4) is 0 Å². The summed E-state index contributed by atoms with van der Waals surface area (Å²) in [5.74, 6) is 0. The minimum atomic E-state index is 0.575. The molecule has 1 rings (SSSR count). The Kier molecular flexibility index (Phi) is 2.29. The minimum Gasteiger partial charge on any atom is -0.625 e. The van der Waals surface area contributed by atoms with Crippen LogP contribution < -0.4 is 5.16 Å². The maximum atomic E-state index is 9.89. The zero-order valence-electron chi connectivity index (χ0n) is 5.17. The van der Waals surface area contributed by atoms with Crippen molar-refractivity contribution in [1.29, 1.82) is 0 Å². The minimum absolute atomic E-state index is 0.575. The molecular weight excluding hydrogens is 150 g/mol. The average molecular weight is 156 g/mol. The first-order chi connectivity index (χ1) is 4.84. The molecule has 52 valence electrons. The highest BCUT2D eigenvalue weighted by molar-refractivity contribution is 6.32. The van der Waals surface area contributed by atoms with Gasteiger partial charge in [0.05, 0.1) is 10.6 Å². The van der Waals surface area contributed by atoms with Crippen LogP contribution >= 0.6 is 11.6 Å². The third-order valence-corrected chi connectivity index (χ3v) is 1.46. The highest BCUT2D eigenvalue weighted by Crippen LogP contribution is 2.10. The van der Waals surface area contributed by atoms with E-state index in [4.69, 9.17) is 11.6 Å². The SMILES string of the molecule is [O-][NH+]=Cc1ccccc1Cl. The molecule has 1 N–H and O–H groups in total. The zero-order valence-corrected chi connectivity index (χ0v) is 5.93. The van der Waals surface area contributed by atoms with Gasteiger partial charge in [-0.05, 0) is 12.1 Å². The number of nitrogens with one attached hydrogen (secondary N) is 1. The van der Waals surface area contributed by atoms with E-state index in [1.54, 1.807) is 17.3 Å². The molecule has 0 aliphatic carbocycles. The molecule has 1 aromatic carbocycles. The van der Waals surface area contributed by atoms with Gasteiger partial charge in [-0.2, -0.15) is 0 Å². The molecule has 0 radical (unpaired) electrons. The van der Waals surface area contributed by atoms with Gasteiger partial charge in [-0.3, -0.25) is 0 Å². The summed E-state index contributed by atoms with van der Waals surface area (Å²) in [5, 5.41) is 12.1. The molecule has 1 aromatic rings. The highest BCUT2D eigenvalue weighted by atomic mass is 35.5. The molecule has 0 atom stereocenters. The van der Waals surface area contributed by atoms with Crippen LogP contribution in [0.2, 0.25) is 5.02 Å². The van der Waals surface area contributed by atoms with Crippen LogP contribution in [0.25, 0.3) is 0 Å². The van der Waals surface area contributed by atoms with Gasteiger partial charge in [0, 0.05) is 0 Å². The molecule has 0 saturated heterocycles. The second-order valence-electron chi connectivity index (χ2n) is 1.78. The molecule has 3 heteroatoms. The predicted molar refractivity (Wildman–Crippen MR) is 40.9 cm³/mol. The van der Waals surface area contributed by atoms with E-state index in [0.29, 0.717) is 10.6 Å². The lowest BCUT2D eigenvalue weighted by molar-refractivity contribution is -0.366. The Balaban J connectivity index is 3.03. The van der Waals surface area contributed by atoms with Crippen molar-refractivity contribution in [1.82, 2.24) is 0 Å². The summed E-state index contributed by atoms with van der Waals surface area (Å²) in [6, 6.07) is 7.11. The van der Waals surface area contributed by atoms with Crippen molar-refractivity contribution in [3.63, 3.8) is 0 Å². The molecular formula is C7H6ClNO. The van der Waals surface area contributed by atoms with Crippen molar-refractivity contribution < 1.29 is 5.16 Å². The second-order valence-corrected chi connectivity index (χ2v) is 2.19. The van der Waals surface area contributed by atoms with E-state index in [2.05, 4.69) is 0 Å². The van der Waals surface area contributed by atoms with Crippen LogP contribution in [0.5, 0.6) is 0 Å². The fraction of sp³-hybridized carbons (Fsp3) is 0. The quantitative estimate of drug-likeness (QED) is 0.355. The molecule has 0 heterocycles. The molecule has 0 fully saturated rings. The lowest BCUT2D eigenvalue weighted by Gasteiger charge is -1.91. The second kappa shape index (κ2) is 3.22. The lowest BCUT2D eigenvalue weighted by atomic mass is 10.2. The van der Waals surface area contributed by atoms with Crippen molar-refractivity contribution in [3.8, 4) is 0 Å². The molecule has 10 heavy (non-hydrogen) atoms. The Hall–Kier alpha value is -1.02. The average Bonchev–Trinajstić information content (AvgIpc) is 1.94. The van der Waals surface area contributed by atoms with Gasteiger partial charge in [-0.15, -0.1) is 0 Å². The van der Waals surface area contributed by atoms with Crippen LogP contribution in [0.1, 0.15) is 5.56 Å². The van der Waals surface area contributed by atoms with E-state index in [0.717, 1.165) is 0 Å². The Labute approximate surface area is 63.7 Å². The van der Waals surface area contributed by atoms with E-state index < -0.39 is 0 Å². The van der Waals surface area contributed by atoms with Gasteiger partial charge < -0.3 is 5.21 Å². The van der Waals surface area contributed by atoms with Crippen LogP contribution in [0.15, 0.2) is 24.3 Å². The largest absolute Gasteiger partial charge is 0.625 e. The van der Waals surface area contributed by atoms with Crippen LogP contribution in [0.4, 0.5) is 0 Å². The van der Waals surface area contributed by atoms with Crippen molar-refractivity contribution >= 4 is 17.8 Å². The first kappa shape index (κ1) is 7.09. The first-order valence-corrected chi connectivity index (χ1v) is 3.18. The third kappa shape index (κ3) is 1.48. The number of halogens is 1. The fourth-order valence-corrected chi connectivity index (χ4v) is 0.846. The van der Waals surface area contributed by atoms with Gasteiger partial charge in [0.1, 0.15) is 0 Å². The maximum absolute atomic E-state index is 9.89. The number of hydrogen-bond acceptors (Lipinski definition) is 1. The summed E-state index contributed by atoms with van der Waals surface area (Å²) in [7, 11) is 0.